The number of hydrogen-bond donors (Lipinski definition) is 1. The predicted molar refractivity (Wildman–Crippen MR) is 89.3 cm³/mol. The molecule has 0 aromatic carbocycles. The third-order valence-electron chi connectivity index (χ3n) is 4.03. The van der Waals surface area contributed by atoms with Crippen molar-refractivity contribution >= 4 is 17.2 Å². The van der Waals surface area contributed by atoms with Crippen molar-refractivity contribution in [1.82, 2.24) is 20.0 Å². The molecule has 7 heteroatoms. The molecule has 0 fully saturated rings. The molecule has 3 rings (SSSR count). The summed E-state index contributed by atoms with van der Waals surface area (Å²) in [6, 6.07) is 5.65. The zero-order valence-electron chi connectivity index (χ0n) is 13.3. The Morgan fingerprint density at radius 1 is 1.52 bits per heavy atom. The number of aromatic nitrogens is 2. The molecule has 3 heterocycles. The number of hydrogen-bond acceptors (Lipinski definition) is 5. The van der Waals surface area contributed by atoms with E-state index in [4.69, 9.17) is 0 Å². The molecule has 1 aliphatic heterocycles. The first-order valence-corrected chi connectivity index (χ1v) is 8.52. The first-order chi connectivity index (χ1) is 11.0. The molecule has 0 saturated heterocycles. The van der Waals surface area contributed by atoms with Gasteiger partial charge < -0.3 is 5.32 Å². The highest BCUT2D eigenvalue weighted by molar-refractivity contribution is 7.10. The van der Waals surface area contributed by atoms with Crippen molar-refractivity contribution in [2.75, 3.05) is 13.1 Å². The van der Waals surface area contributed by atoms with Crippen LogP contribution in [0.1, 0.15) is 29.1 Å². The second-order valence-electron chi connectivity index (χ2n) is 5.84. The van der Waals surface area contributed by atoms with Crippen LogP contribution >= 0.6 is 11.3 Å². The van der Waals surface area contributed by atoms with Gasteiger partial charge in [-0.05, 0) is 23.9 Å². The smallest absolute Gasteiger partial charge is 0.266 e. The van der Waals surface area contributed by atoms with Gasteiger partial charge in [-0.3, -0.25) is 14.5 Å². The molecule has 0 bridgehead atoms. The summed E-state index contributed by atoms with van der Waals surface area (Å²) in [5, 5.41) is 9.32. The Bertz CT molecular complexity index is 754. The van der Waals surface area contributed by atoms with Gasteiger partial charge in [0.25, 0.3) is 5.56 Å². The van der Waals surface area contributed by atoms with Crippen LogP contribution in [0.4, 0.5) is 0 Å². The lowest BCUT2D eigenvalue weighted by Gasteiger charge is -2.27. The summed E-state index contributed by atoms with van der Waals surface area (Å²) in [7, 11) is 1.66. The second kappa shape index (κ2) is 6.64. The first-order valence-electron chi connectivity index (χ1n) is 7.64. The van der Waals surface area contributed by atoms with Gasteiger partial charge in [-0.2, -0.15) is 5.10 Å². The number of carbonyl (C=O) groups excluding carboxylic acids is 1. The summed E-state index contributed by atoms with van der Waals surface area (Å²) in [5.74, 6) is 0.00569. The minimum Gasteiger partial charge on any atom is -0.348 e. The summed E-state index contributed by atoms with van der Waals surface area (Å²) in [6.45, 7) is 3.70. The van der Waals surface area contributed by atoms with Crippen molar-refractivity contribution in [2.45, 2.75) is 25.9 Å². The molecule has 122 valence electrons. The summed E-state index contributed by atoms with van der Waals surface area (Å²) >= 11 is 1.64. The van der Waals surface area contributed by atoms with E-state index in [1.54, 1.807) is 24.5 Å². The van der Waals surface area contributed by atoms with E-state index in [1.807, 2.05) is 24.4 Å². The molecule has 1 N–H and O–H groups in total. The van der Waals surface area contributed by atoms with Gasteiger partial charge in [0, 0.05) is 37.5 Å². The molecule has 0 spiro atoms. The molecule has 0 aliphatic carbocycles. The molecule has 0 saturated carbocycles. The van der Waals surface area contributed by atoms with Crippen LogP contribution in [0.3, 0.4) is 0 Å². The Morgan fingerprint density at radius 3 is 3.09 bits per heavy atom. The lowest BCUT2D eigenvalue weighted by atomic mass is 10.1. The van der Waals surface area contributed by atoms with E-state index in [0.717, 1.165) is 29.1 Å². The van der Waals surface area contributed by atoms with Crippen LogP contribution in [0.25, 0.3) is 0 Å². The fraction of sp³-hybridized carbons (Fsp3) is 0.438. The average molecular weight is 332 g/mol. The number of fused-ring (bicyclic) bond motifs is 1. The van der Waals surface area contributed by atoms with Crippen LogP contribution in [0, 0.1) is 0 Å². The van der Waals surface area contributed by atoms with Gasteiger partial charge in [0.15, 0.2) is 0 Å². The number of nitrogens with zero attached hydrogens (tertiary/aromatic N) is 3. The van der Waals surface area contributed by atoms with Crippen molar-refractivity contribution in [3.63, 3.8) is 0 Å². The number of carbonyl (C=O) groups is 1. The maximum Gasteiger partial charge on any atom is 0.266 e. The zero-order chi connectivity index (χ0) is 16.4. The average Bonchev–Trinajstić information content (AvgIpc) is 3.03. The van der Waals surface area contributed by atoms with Gasteiger partial charge >= 0.3 is 0 Å². The van der Waals surface area contributed by atoms with E-state index in [-0.39, 0.29) is 17.5 Å². The fourth-order valence-corrected chi connectivity index (χ4v) is 3.52. The van der Waals surface area contributed by atoms with Crippen LogP contribution in [0.15, 0.2) is 28.4 Å². The number of nitrogens with one attached hydrogen (secondary N) is 1. The molecule has 1 aliphatic rings. The summed E-state index contributed by atoms with van der Waals surface area (Å²) < 4.78 is 1.36. The Labute approximate surface area is 138 Å². The quantitative estimate of drug-likeness (QED) is 0.910. The molecule has 0 unspecified atom stereocenters. The summed E-state index contributed by atoms with van der Waals surface area (Å²) in [6.07, 6.45) is 0.761. The van der Waals surface area contributed by atoms with Crippen molar-refractivity contribution in [1.29, 1.82) is 0 Å². The number of thiophene rings is 1. The number of rotatable bonds is 4. The SMILES string of the molecule is C[C@@H](NC(=O)CN1CCc2nn(C)c(=O)cc2C1)c1cccs1. The maximum atomic E-state index is 12.2. The van der Waals surface area contributed by atoms with Crippen molar-refractivity contribution in [3.05, 3.63) is 50.1 Å². The van der Waals surface area contributed by atoms with Crippen LogP contribution in [-0.2, 0) is 24.8 Å². The van der Waals surface area contributed by atoms with Gasteiger partial charge in [0.1, 0.15) is 0 Å². The van der Waals surface area contributed by atoms with E-state index in [2.05, 4.69) is 15.3 Å². The highest BCUT2D eigenvalue weighted by Gasteiger charge is 2.21. The van der Waals surface area contributed by atoms with Gasteiger partial charge in [0.2, 0.25) is 5.91 Å². The fourth-order valence-electron chi connectivity index (χ4n) is 2.79. The molecule has 2 aromatic heterocycles. The molecule has 1 atom stereocenters. The Kier molecular flexibility index (Phi) is 4.58. The largest absolute Gasteiger partial charge is 0.348 e. The van der Waals surface area contributed by atoms with E-state index in [1.165, 1.54) is 4.68 Å². The van der Waals surface area contributed by atoms with Gasteiger partial charge in [-0.25, -0.2) is 4.68 Å². The lowest BCUT2D eigenvalue weighted by Crippen LogP contribution is -2.41. The van der Waals surface area contributed by atoms with E-state index in [0.29, 0.717) is 13.1 Å². The lowest BCUT2D eigenvalue weighted by molar-refractivity contribution is -0.123. The van der Waals surface area contributed by atoms with E-state index >= 15 is 0 Å². The van der Waals surface area contributed by atoms with Crippen LogP contribution in [0.5, 0.6) is 0 Å². The van der Waals surface area contributed by atoms with Gasteiger partial charge in [-0.15, -0.1) is 11.3 Å². The topological polar surface area (TPSA) is 67.2 Å². The van der Waals surface area contributed by atoms with E-state index in [9.17, 15) is 9.59 Å². The third kappa shape index (κ3) is 3.68. The molecule has 2 aromatic rings. The normalized spacial score (nSPS) is 15.9. The minimum absolute atomic E-state index is 0.00569. The number of amides is 1. The molecule has 23 heavy (non-hydrogen) atoms. The predicted octanol–water partition coefficient (Wildman–Crippen LogP) is 1.08. The summed E-state index contributed by atoms with van der Waals surface area (Å²) in [4.78, 5) is 27.1. The zero-order valence-corrected chi connectivity index (χ0v) is 14.1. The first kappa shape index (κ1) is 15.9. The second-order valence-corrected chi connectivity index (χ2v) is 6.82. The Hall–Kier alpha value is -1.99. The Balaban J connectivity index is 1.60. The maximum absolute atomic E-state index is 12.2. The standard InChI is InChI=1S/C16H20N4O2S/c1-11(14-4-3-7-23-14)17-15(21)10-20-6-5-13-12(9-20)8-16(22)19(2)18-13/h3-4,7-8,11H,5-6,9-10H2,1-2H3,(H,17,21)/t11-/m1/s1. The molecular weight excluding hydrogens is 312 g/mol. The molecule has 0 radical (unpaired) electrons. The van der Waals surface area contributed by atoms with E-state index < -0.39 is 0 Å². The van der Waals surface area contributed by atoms with Gasteiger partial charge in [0.05, 0.1) is 18.3 Å². The highest BCUT2D eigenvalue weighted by atomic mass is 32.1. The molecule has 1 amide bonds. The third-order valence-corrected chi connectivity index (χ3v) is 5.09. The summed E-state index contributed by atoms with van der Waals surface area (Å²) in [5.41, 5.74) is 1.77. The van der Waals surface area contributed by atoms with Gasteiger partial charge in [-0.1, -0.05) is 6.07 Å². The van der Waals surface area contributed by atoms with Crippen LogP contribution < -0.4 is 10.9 Å². The minimum atomic E-state index is -0.110. The van der Waals surface area contributed by atoms with Crippen molar-refractivity contribution in [3.8, 4) is 0 Å². The highest BCUT2D eigenvalue weighted by Crippen LogP contribution is 2.18. The Morgan fingerprint density at radius 2 is 2.35 bits per heavy atom. The number of aryl methyl sites for hydroxylation is 1. The molecule has 6 nitrogen and oxygen atoms in total. The molecular formula is C16H20N4O2S. The monoisotopic (exact) mass is 332 g/mol. The van der Waals surface area contributed by atoms with Crippen molar-refractivity contribution in [2.24, 2.45) is 7.05 Å². The van der Waals surface area contributed by atoms with Crippen LogP contribution in [-0.4, -0.2) is 33.7 Å². The van der Waals surface area contributed by atoms with Crippen molar-refractivity contribution < 1.29 is 4.79 Å². The van der Waals surface area contributed by atoms with Crippen LogP contribution in [0.2, 0.25) is 0 Å².